The van der Waals surface area contributed by atoms with Gasteiger partial charge >= 0.3 is 5.97 Å². The second kappa shape index (κ2) is 5.25. The zero-order valence-electron chi connectivity index (χ0n) is 10.2. The molecule has 4 heteroatoms. The molecule has 0 spiro atoms. The van der Waals surface area contributed by atoms with Crippen molar-refractivity contribution < 1.29 is 14.3 Å². The van der Waals surface area contributed by atoms with E-state index in [1.54, 1.807) is 6.07 Å². The largest absolute Gasteiger partial charge is 0.475 e. The number of hydrogen-bond donors (Lipinski definition) is 1. The van der Waals surface area contributed by atoms with Crippen LogP contribution in [0.3, 0.4) is 0 Å². The van der Waals surface area contributed by atoms with E-state index in [2.05, 4.69) is 11.8 Å². The topological polar surface area (TPSA) is 53.7 Å². The molecule has 1 N–H and O–H groups in total. The number of piperidine rings is 1. The molecule has 1 aromatic heterocycles. The van der Waals surface area contributed by atoms with Gasteiger partial charge in [0.05, 0.1) is 0 Å². The molecule has 2 rings (SSSR count). The third-order valence-corrected chi connectivity index (χ3v) is 3.43. The standard InChI is InChI=1S/C13H19NO3/c1-2-3-10-6-8-14(9-7-10)12-5-4-11(17-12)13(15)16/h4-5,10H,2-3,6-9H2,1H3,(H,15,16). The van der Waals surface area contributed by atoms with Gasteiger partial charge in [-0.25, -0.2) is 4.79 Å². The predicted octanol–water partition coefficient (Wildman–Crippen LogP) is 2.99. The molecule has 1 fully saturated rings. The van der Waals surface area contributed by atoms with E-state index < -0.39 is 5.97 Å². The number of rotatable bonds is 4. The first-order valence-electron chi connectivity index (χ1n) is 6.28. The predicted molar refractivity (Wildman–Crippen MR) is 65.5 cm³/mol. The highest BCUT2D eigenvalue weighted by molar-refractivity contribution is 5.84. The Morgan fingerprint density at radius 1 is 1.47 bits per heavy atom. The number of aromatic carboxylic acids is 1. The Bertz CT molecular complexity index is 378. The minimum absolute atomic E-state index is 0.0238. The van der Waals surface area contributed by atoms with E-state index in [4.69, 9.17) is 9.52 Å². The first-order chi connectivity index (χ1) is 8.20. The van der Waals surface area contributed by atoms with Crippen molar-refractivity contribution in [3.63, 3.8) is 0 Å². The van der Waals surface area contributed by atoms with Gasteiger partial charge < -0.3 is 14.4 Å². The smallest absolute Gasteiger partial charge is 0.371 e. The SMILES string of the molecule is CCCC1CCN(c2ccc(C(=O)O)o2)CC1. The van der Waals surface area contributed by atoms with Crippen LogP contribution in [0, 0.1) is 5.92 Å². The second-order valence-corrected chi connectivity index (χ2v) is 4.66. The molecule has 1 saturated heterocycles. The number of furan rings is 1. The number of carbonyl (C=O) groups is 1. The number of hydrogen-bond acceptors (Lipinski definition) is 3. The molecule has 1 aliphatic heterocycles. The van der Waals surface area contributed by atoms with E-state index in [-0.39, 0.29) is 5.76 Å². The summed E-state index contributed by atoms with van der Waals surface area (Å²) < 4.78 is 5.31. The van der Waals surface area contributed by atoms with Crippen molar-refractivity contribution in [2.45, 2.75) is 32.6 Å². The molecule has 0 amide bonds. The lowest BCUT2D eigenvalue weighted by Gasteiger charge is -2.31. The minimum Gasteiger partial charge on any atom is -0.475 e. The molecule has 94 valence electrons. The summed E-state index contributed by atoms with van der Waals surface area (Å²) in [4.78, 5) is 12.9. The summed E-state index contributed by atoms with van der Waals surface area (Å²) in [6.07, 6.45) is 4.90. The van der Waals surface area contributed by atoms with E-state index in [9.17, 15) is 4.79 Å². The van der Waals surface area contributed by atoms with Crippen molar-refractivity contribution >= 4 is 11.9 Å². The van der Waals surface area contributed by atoms with Gasteiger partial charge in [0.2, 0.25) is 5.76 Å². The summed E-state index contributed by atoms with van der Waals surface area (Å²) in [6, 6.07) is 3.28. The van der Waals surface area contributed by atoms with E-state index in [0.29, 0.717) is 5.88 Å². The van der Waals surface area contributed by atoms with E-state index in [0.717, 1.165) is 19.0 Å². The van der Waals surface area contributed by atoms with Gasteiger partial charge in [0.1, 0.15) is 0 Å². The molecule has 4 nitrogen and oxygen atoms in total. The lowest BCUT2D eigenvalue weighted by molar-refractivity contribution is 0.0663. The van der Waals surface area contributed by atoms with Crippen molar-refractivity contribution in [2.24, 2.45) is 5.92 Å². The summed E-state index contributed by atoms with van der Waals surface area (Å²) >= 11 is 0. The molecule has 0 aliphatic carbocycles. The Kier molecular flexibility index (Phi) is 3.71. The highest BCUT2D eigenvalue weighted by Gasteiger charge is 2.21. The van der Waals surface area contributed by atoms with Gasteiger partial charge in [0.25, 0.3) is 0 Å². The van der Waals surface area contributed by atoms with E-state index >= 15 is 0 Å². The first kappa shape index (κ1) is 12.0. The van der Waals surface area contributed by atoms with Gasteiger partial charge in [-0.2, -0.15) is 0 Å². The monoisotopic (exact) mass is 237 g/mol. The fraction of sp³-hybridized carbons (Fsp3) is 0.615. The molecule has 0 unspecified atom stereocenters. The molecule has 1 aromatic rings. The minimum atomic E-state index is -1.00. The number of carboxylic acids is 1. The molecule has 0 atom stereocenters. The second-order valence-electron chi connectivity index (χ2n) is 4.66. The van der Waals surface area contributed by atoms with Gasteiger partial charge in [-0.05, 0) is 24.8 Å². The number of anilines is 1. The third kappa shape index (κ3) is 2.81. The molecule has 1 aliphatic rings. The molecule has 0 aromatic carbocycles. The average molecular weight is 237 g/mol. The van der Waals surface area contributed by atoms with Crippen LogP contribution in [-0.4, -0.2) is 24.2 Å². The molecule has 0 radical (unpaired) electrons. The zero-order chi connectivity index (χ0) is 12.3. The van der Waals surface area contributed by atoms with Crippen LogP contribution in [0.5, 0.6) is 0 Å². The maximum atomic E-state index is 10.7. The summed E-state index contributed by atoms with van der Waals surface area (Å²) in [5.74, 6) is 0.537. The fourth-order valence-electron chi connectivity index (χ4n) is 2.46. The van der Waals surface area contributed by atoms with Crippen LogP contribution in [0.25, 0.3) is 0 Å². The van der Waals surface area contributed by atoms with Crippen molar-refractivity contribution in [1.29, 1.82) is 0 Å². The van der Waals surface area contributed by atoms with Gasteiger partial charge in [0.15, 0.2) is 5.88 Å². The Labute approximate surface area is 101 Å². The zero-order valence-corrected chi connectivity index (χ0v) is 10.2. The van der Waals surface area contributed by atoms with Crippen LogP contribution in [0.1, 0.15) is 43.2 Å². The first-order valence-corrected chi connectivity index (χ1v) is 6.28. The van der Waals surface area contributed by atoms with Gasteiger partial charge in [-0.15, -0.1) is 0 Å². The van der Waals surface area contributed by atoms with Gasteiger partial charge in [-0.3, -0.25) is 0 Å². The van der Waals surface area contributed by atoms with Crippen LogP contribution in [-0.2, 0) is 0 Å². The molecular weight excluding hydrogens is 218 g/mol. The summed E-state index contributed by atoms with van der Waals surface area (Å²) in [5, 5.41) is 8.80. The van der Waals surface area contributed by atoms with Crippen LogP contribution in [0.4, 0.5) is 5.88 Å². The fourth-order valence-corrected chi connectivity index (χ4v) is 2.46. The molecular formula is C13H19NO3. The van der Waals surface area contributed by atoms with Crippen LogP contribution in [0.15, 0.2) is 16.5 Å². The van der Waals surface area contributed by atoms with Crippen molar-refractivity contribution in [3.8, 4) is 0 Å². The van der Waals surface area contributed by atoms with E-state index in [1.807, 2.05) is 0 Å². The van der Waals surface area contributed by atoms with Crippen molar-refractivity contribution in [2.75, 3.05) is 18.0 Å². The Hall–Kier alpha value is -1.45. The molecule has 0 bridgehead atoms. The maximum absolute atomic E-state index is 10.7. The van der Waals surface area contributed by atoms with Crippen LogP contribution < -0.4 is 4.90 Å². The molecule has 0 saturated carbocycles. The number of nitrogens with zero attached hydrogens (tertiary/aromatic N) is 1. The average Bonchev–Trinajstić information content (AvgIpc) is 2.80. The maximum Gasteiger partial charge on any atom is 0.371 e. The van der Waals surface area contributed by atoms with Gasteiger partial charge in [-0.1, -0.05) is 19.8 Å². The lowest BCUT2D eigenvalue weighted by atomic mass is 9.93. The van der Waals surface area contributed by atoms with Gasteiger partial charge in [0, 0.05) is 19.2 Å². The third-order valence-electron chi connectivity index (χ3n) is 3.43. The highest BCUT2D eigenvalue weighted by atomic mass is 16.4. The highest BCUT2D eigenvalue weighted by Crippen LogP contribution is 2.27. The molecule has 17 heavy (non-hydrogen) atoms. The number of carboxylic acid groups (broad SMARTS) is 1. The Morgan fingerprint density at radius 2 is 2.18 bits per heavy atom. The van der Waals surface area contributed by atoms with Crippen LogP contribution >= 0.6 is 0 Å². The quantitative estimate of drug-likeness (QED) is 0.874. The molecule has 2 heterocycles. The normalized spacial score (nSPS) is 17.4. The summed E-state index contributed by atoms with van der Waals surface area (Å²) in [7, 11) is 0. The lowest BCUT2D eigenvalue weighted by Crippen LogP contribution is -2.33. The Morgan fingerprint density at radius 3 is 2.71 bits per heavy atom. The Balaban J connectivity index is 1.93. The van der Waals surface area contributed by atoms with Crippen LogP contribution in [0.2, 0.25) is 0 Å². The van der Waals surface area contributed by atoms with Crippen molar-refractivity contribution in [3.05, 3.63) is 17.9 Å². The summed E-state index contributed by atoms with van der Waals surface area (Å²) in [6.45, 7) is 4.16. The van der Waals surface area contributed by atoms with E-state index in [1.165, 1.54) is 31.7 Å². The van der Waals surface area contributed by atoms with Crippen molar-refractivity contribution in [1.82, 2.24) is 0 Å². The summed E-state index contributed by atoms with van der Waals surface area (Å²) in [5.41, 5.74) is 0.